The molecule has 5 heteroatoms. The Hall–Kier alpha value is -2.27. The number of carboxylic acid groups (broad SMARTS) is 1. The van der Waals surface area contributed by atoms with Gasteiger partial charge in [0.05, 0.1) is 19.1 Å². The van der Waals surface area contributed by atoms with Crippen molar-refractivity contribution in [2.75, 3.05) is 7.11 Å². The van der Waals surface area contributed by atoms with E-state index in [9.17, 15) is 9.59 Å². The molecular weight excluding hydrogens is 300 g/mol. The molecule has 0 fully saturated rings. The first-order valence-corrected chi connectivity index (χ1v) is 7.49. The van der Waals surface area contributed by atoms with Gasteiger partial charge < -0.3 is 9.84 Å². The summed E-state index contributed by atoms with van der Waals surface area (Å²) < 4.78 is 4.66. The van der Waals surface area contributed by atoms with Gasteiger partial charge in [0.15, 0.2) is 0 Å². The van der Waals surface area contributed by atoms with E-state index >= 15 is 0 Å². The van der Waals surface area contributed by atoms with E-state index in [4.69, 9.17) is 5.11 Å². The predicted molar refractivity (Wildman–Crippen MR) is 84.4 cm³/mol. The Morgan fingerprint density at radius 3 is 2.27 bits per heavy atom. The number of rotatable bonds is 5. The number of hydrogen-bond acceptors (Lipinski definition) is 4. The van der Waals surface area contributed by atoms with Crippen LogP contribution in [0.1, 0.15) is 21.5 Å². The Balaban J connectivity index is 2.12. The van der Waals surface area contributed by atoms with Gasteiger partial charge in [-0.05, 0) is 54.4 Å². The van der Waals surface area contributed by atoms with Gasteiger partial charge in [-0.3, -0.25) is 4.79 Å². The van der Waals surface area contributed by atoms with E-state index in [1.807, 2.05) is 37.3 Å². The fraction of sp³-hybridized carbons (Fsp3) is 0.176. The molecule has 2 aromatic carbocycles. The summed E-state index contributed by atoms with van der Waals surface area (Å²) in [5.41, 5.74) is 2.29. The highest BCUT2D eigenvalue weighted by molar-refractivity contribution is 7.99. The van der Waals surface area contributed by atoms with Gasteiger partial charge in [-0.2, -0.15) is 0 Å². The van der Waals surface area contributed by atoms with Gasteiger partial charge in [0, 0.05) is 9.79 Å². The maximum Gasteiger partial charge on any atom is 0.337 e. The molecule has 0 atom stereocenters. The zero-order valence-corrected chi connectivity index (χ0v) is 13.1. The number of benzene rings is 2. The molecule has 0 aromatic heterocycles. The number of ether oxygens (including phenoxy) is 1. The van der Waals surface area contributed by atoms with E-state index in [1.54, 1.807) is 23.9 Å². The first-order valence-electron chi connectivity index (χ1n) is 6.67. The van der Waals surface area contributed by atoms with Crippen LogP contribution >= 0.6 is 11.8 Å². The molecule has 22 heavy (non-hydrogen) atoms. The Kier molecular flexibility index (Phi) is 5.22. The van der Waals surface area contributed by atoms with Crippen LogP contribution < -0.4 is 0 Å². The Morgan fingerprint density at radius 1 is 1.09 bits per heavy atom. The number of aryl methyl sites for hydroxylation is 1. The third kappa shape index (κ3) is 4.11. The van der Waals surface area contributed by atoms with Crippen LogP contribution in [0.5, 0.6) is 0 Å². The number of carbonyl (C=O) groups excluding carboxylic acids is 1. The van der Waals surface area contributed by atoms with Crippen molar-refractivity contribution in [3.8, 4) is 0 Å². The topological polar surface area (TPSA) is 63.6 Å². The summed E-state index contributed by atoms with van der Waals surface area (Å²) in [6.07, 6.45) is 0.0323. The van der Waals surface area contributed by atoms with E-state index in [0.29, 0.717) is 5.56 Å². The van der Waals surface area contributed by atoms with Gasteiger partial charge in [0.25, 0.3) is 0 Å². The largest absolute Gasteiger partial charge is 0.481 e. The van der Waals surface area contributed by atoms with Crippen LogP contribution in [0.15, 0.2) is 52.3 Å². The van der Waals surface area contributed by atoms with E-state index in [1.165, 1.54) is 7.11 Å². The quantitative estimate of drug-likeness (QED) is 0.855. The van der Waals surface area contributed by atoms with E-state index in [2.05, 4.69) is 4.74 Å². The van der Waals surface area contributed by atoms with Crippen molar-refractivity contribution >= 4 is 23.7 Å². The SMILES string of the molecule is COC(=O)c1ccc(Sc2ccc(CC(=O)O)c(C)c2)cc1. The molecule has 0 unspecified atom stereocenters. The summed E-state index contributed by atoms with van der Waals surface area (Å²) in [7, 11) is 1.35. The first-order chi connectivity index (χ1) is 10.5. The number of hydrogen-bond donors (Lipinski definition) is 1. The van der Waals surface area contributed by atoms with Crippen LogP contribution in [0.2, 0.25) is 0 Å². The Morgan fingerprint density at radius 2 is 1.73 bits per heavy atom. The van der Waals surface area contributed by atoms with Crippen molar-refractivity contribution in [1.82, 2.24) is 0 Å². The van der Waals surface area contributed by atoms with Crippen LogP contribution in [0.25, 0.3) is 0 Å². The molecule has 0 heterocycles. The number of aliphatic carboxylic acids is 1. The van der Waals surface area contributed by atoms with Crippen LogP contribution in [0, 0.1) is 6.92 Å². The van der Waals surface area contributed by atoms with Crippen molar-refractivity contribution in [3.63, 3.8) is 0 Å². The van der Waals surface area contributed by atoms with Gasteiger partial charge in [-0.25, -0.2) is 4.79 Å². The molecule has 4 nitrogen and oxygen atoms in total. The lowest BCUT2D eigenvalue weighted by atomic mass is 10.1. The number of carbonyl (C=O) groups is 2. The number of methoxy groups -OCH3 is 1. The molecule has 0 radical (unpaired) electrons. The zero-order valence-electron chi connectivity index (χ0n) is 12.3. The van der Waals surface area contributed by atoms with Crippen molar-refractivity contribution in [3.05, 3.63) is 59.2 Å². The second-order valence-corrected chi connectivity index (χ2v) is 5.92. The fourth-order valence-electron chi connectivity index (χ4n) is 2.01. The lowest BCUT2D eigenvalue weighted by Crippen LogP contribution is -2.01. The number of esters is 1. The van der Waals surface area contributed by atoms with E-state index in [0.717, 1.165) is 20.9 Å². The summed E-state index contributed by atoms with van der Waals surface area (Å²) >= 11 is 1.56. The summed E-state index contributed by atoms with van der Waals surface area (Å²) in [4.78, 5) is 24.2. The van der Waals surface area contributed by atoms with Crippen LogP contribution in [-0.4, -0.2) is 24.2 Å². The highest BCUT2D eigenvalue weighted by Gasteiger charge is 2.07. The van der Waals surface area contributed by atoms with Gasteiger partial charge in [0.1, 0.15) is 0 Å². The van der Waals surface area contributed by atoms with Crippen LogP contribution in [-0.2, 0) is 16.0 Å². The van der Waals surface area contributed by atoms with Crippen LogP contribution in [0.3, 0.4) is 0 Å². The van der Waals surface area contributed by atoms with Crippen molar-refractivity contribution in [2.45, 2.75) is 23.1 Å². The minimum Gasteiger partial charge on any atom is -0.481 e. The maximum atomic E-state index is 11.4. The second kappa shape index (κ2) is 7.13. The van der Waals surface area contributed by atoms with Crippen molar-refractivity contribution in [2.24, 2.45) is 0 Å². The third-order valence-corrected chi connectivity index (χ3v) is 4.16. The van der Waals surface area contributed by atoms with E-state index in [-0.39, 0.29) is 12.4 Å². The molecule has 0 aliphatic carbocycles. The zero-order chi connectivity index (χ0) is 16.1. The summed E-state index contributed by atoms with van der Waals surface area (Å²) in [5, 5.41) is 8.84. The summed E-state index contributed by atoms with van der Waals surface area (Å²) in [6.45, 7) is 1.91. The Labute approximate surface area is 133 Å². The van der Waals surface area contributed by atoms with E-state index < -0.39 is 5.97 Å². The lowest BCUT2D eigenvalue weighted by molar-refractivity contribution is -0.136. The Bertz CT molecular complexity index is 692. The average Bonchev–Trinajstić information content (AvgIpc) is 2.49. The summed E-state index contributed by atoms with van der Waals surface area (Å²) in [5.74, 6) is -1.19. The summed E-state index contributed by atoms with van der Waals surface area (Å²) in [6, 6.07) is 12.9. The fourth-order valence-corrected chi connectivity index (χ4v) is 2.92. The smallest absolute Gasteiger partial charge is 0.337 e. The molecule has 1 N–H and O–H groups in total. The highest BCUT2D eigenvalue weighted by Crippen LogP contribution is 2.29. The standard InChI is InChI=1S/C17H16O4S/c1-11-9-15(8-5-13(11)10-16(18)19)22-14-6-3-12(4-7-14)17(20)21-2/h3-9H,10H2,1-2H3,(H,18,19). The molecule has 2 rings (SSSR count). The van der Waals surface area contributed by atoms with Crippen molar-refractivity contribution < 1.29 is 19.4 Å². The molecule has 0 aliphatic heterocycles. The molecule has 0 bridgehead atoms. The molecule has 0 saturated heterocycles. The second-order valence-electron chi connectivity index (χ2n) is 4.78. The monoisotopic (exact) mass is 316 g/mol. The molecule has 114 valence electrons. The molecule has 0 aliphatic rings. The van der Waals surface area contributed by atoms with Gasteiger partial charge in [-0.1, -0.05) is 17.8 Å². The minimum absolute atomic E-state index is 0.0323. The van der Waals surface area contributed by atoms with Gasteiger partial charge in [0.2, 0.25) is 0 Å². The van der Waals surface area contributed by atoms with Crippen molar-refractivity contribution in [1.29, 1.82) is 0 Å². The normalized spacial score (nSPS) is 10.3. The highest BCUT2D eigenvalue weighted by atomic mass is 32.2. The average molecular weight is 316 g/mol. The molecular formula is C17H16O4S. The number of carboxylic acids is 1. The first kappa shape index (κ1) is 16.1. The minimum atomic E-state index is -0.832. The van der Waals surface area contributed by atoms with Crippen LogP contribution in [0.4, 0.5) is 0 Å². The van der Waals surface area contributed by atoms with Gasteiger partial charge in [-0.15, -0.1) is 0 Å². The predicted octanol–water partition coefficient (Wildman–Crippen LogP) is 3.56. The lowest BCUT2D eigenvalue weighted by Gasteiger charge is -2.07. The molecule has 0 spiro atoms. The van der Waals surface area contributed by atoms with Gasteiger partial charge >= 0.3 is 11.9 Å². The molecule has 0 saturated carbocycles. The molecule has 2 aromatic rings. The third-order valence-electron chi connectivity index (χ3n) is 3.17. The molecule has 0 amide bonds. The maximum absolute atomic E-state index is 11.4.